The number of hydrogen-bond donors (Lipinski definition) is 1. The van der Waals surface area contributed by atoms with E-state index in [4.69, 9.17) is 0 Å². The van der Waals surface area contributed by atoms with Gasteiger partial charge in [-0.2, -0.15) is 0 Å². The van der Waals surface area contributed by atoms with Crippen molar-refractivity contribution in [2.75, 3.05) is 32.9 Å². The minimum atomic E-state index is -4.02. The van der Waals surface area contributed by atoms with Crippen molar-refractivity contribution in [3.63, 3.8) is 0 Å². The van der Waals surface area contributed by atoms with Crippen LogP contribution in [-0.2, 0) is 10.1 Å². The first-order valence-electron chi connectivity index (χ1n) is 5.35. The van der Waals surface area contributed by atoms with Gasteiger partial charge in [-0.15, -0.1) is 0 Å². The van der Waals surface area contributed by atoms with Gasteiger partial charge < -0.3 is 9.45 Å². The second kappa shape index (κ2) is 7.01. The van der Waals surface area contributed by atoms with Crippen LogP contribution in [0, 0.1) is 0 Å². The number of likely N-dealkylation sites (N-methyl/N-ethyl adjacent to an activating group) is 2. The molecule has 0 aromatic carbocycles. The Morgan fingerprint density at radius 3 is 2.25 bits per heavy atom. The number of nitrogens with zero attached hydrogens (tertiary/aromatic N) is 1. The first-order chi connectivity index (χ1) is 7.28. The molecule has 1 fully saturated rings. The summed E-state index contributed by atoms with van der Waals surface area (Å²) in [6, 6.07) is 0. The molecule has 1 heterocycles. The predicted octanol–water partition coefficient (Wildman–Crippen LogP) is -1.10. The average molecular weight is 250 g/mol. The highest BCUT2D eigenvalue weighted by molar-refractivity contribution is 7.85. The number of hydrogen-bond acceptors (Lipinski definition) is 4. The van der Waals surface area contributed by atoms with Crippen LogP contribution in [0.1, 0.15) is 13.8 Å². The Hall–Kier alpha value is -0.430. The van der Waals surface area contributed by atoms with Gasteiger partial charge in [0, 0.05) is 6.92 Å². The molecule has 0 bridgehead atoms. The molecular weight excluding hydrogens is 228 g/mol. The molecule has 0 saturated carbocycles. The fourth-order valence-electron chi connectivity index (χ4n) is 1.35. The minimum absolute atomic E-state index is 0.399. The van der Waals surface area contributed by atoms with E-state index >= 15 is 0 Å². The van der Waals surface area contributed by atoms with Crippen molar-refractivity contribution in [3.8, 4) is 0 Å². The molecule has 2 atom stereocenters. The molecule has 16 heavy (non-hydrogen) atoms. The minimum Gasteiger partial charge on any atom is -0.748 e. The standard InChI is InChI=1S/C6H14N2.C4H8O3S/c1-6-7(2)4-5-8(6)3;1-2-3-4-8(5,6)7/h6H,4-5H2,1-3H3;2-3H,4H2,1H3,(H,5,6,7). The van der Waals surface area contributed by atoms with Crippen molar-refractivity contribution < 1.29 is 17.9 Å². The van der Waals surface area contributed by atoms with E-state index < -0.39 is 15.9 Å². The van der Waals surface area contributed by atoms with Gasteiger partial charge in [-0.1, -0.05) is 12.2 Å². The number of quaternary nitrogens is 1. The highest BCUT2D eigenvalue weighted by atomic mass is 32.2. The zero-order valence-electron chi connectivity index (χ0n) is 10.4. The Bertz CT molecular complexity index is 304. The number of allylic oxidation sites excluding steroid dienone is 1. The molecule has 2 unspecified atom stereocenters. The fourth-order valence-corrected chi connectivity index (χ4v) is 1.77. The van der Waals surface area contributed by atoms with Gasteiger partial charge in [-0.3, -0.25) is 4.90 Å². The lowest BCUT2D eigenvalue weighted by atomic mass is 10.5. The normalized spacial score (nSPS) is 26.8. The summed E-state index contributed by atoms with van der Waals surface area (Å²) >= 11 is 0. The molecule has 1 saturated heterocycles. The second-order valence-corrected chi connectivity index (χ2v) is 5.50. The van der Waals surface area contributed by atoms with E-state index in [1.54, 1.807) is 11.8 Å². The van der Waals surface area contributed by atoms with Crippen molar-refractivity contribution in [2.45, 2.75) is 20.0 Å². The van der Waals surface area contributed by atoms with E-state index in [0.717, 1.165) is 6.17 Å². The number of nitrogens with one attached hydrogen (secondary N) is 1. The Balaban J connectivity index is 0.000000281. The third-order valence-corrected chi connectivity index (χ3v) is 3.37. The van der Waals surface area contributed by atoms with Gasteiger partial charge in [0.05, 0.1) is 36.0 Å². The molecule has 1 rings (SSSR count). The molecule has 0 aliphatic carbocycles. The van der Waals surface area contributed by atoms with Gasteiger partial charge >= 0.3 is 0 Å². The smallest absolute Gasteiger partial charge is 0.140 e. The van der Waals surface area contributed by atoms with Crippen LogP contribution in [0.5, 0.6) is 0 Å². The predicted molar refractivity (Wildman–Crippen MR) is 63.2 cm³/mol. The van der Waals surface area contributed by atoms with Gasteiger partial charge in [-0.25, -0.2) is 8.42 Å². The summed E-state index contributed by atoms with van der Waals surface area (Å²) in [5.41, 5.74) is 0. The molecule has 0 aromatic heterocycles. The molecule has 1 aliphatic heterocycles. The summed E-state index contributed by atoms with van der Waals surface area (Å²) in [4.78, 5) is 4.02. The van der Waals surface area contributed by atoms with E-state index in [1.165, 1.54) is 25.2 Å². The molecule has 5 nitrogen and oxygen atoms in total. The van der Waals surface area contributed by atoms with Crippen LogP contribution >= 0.6 is 0 Å². The van der Waals surface area contributed by atoms with Gasteiger partial charge in [-0.05, 0) is 14.0 Å². The Labute approximate surface area is 98.5 Å². The SMILES string of the molecule is CC1N(C)CC[NH+]1C.CC=CCS(=O)(=O)[O-]. The molecular formula is C10H22N2O3S. The molecule has 0 amide bonds. The quantitative estimate of drug-likeness (QED) is 0.499. The largest absolute Gasteiger partial charge is 0.748 e. The van der Waals surface area contributed by atoms with Gasteiger partial charge in [0.2, 0.25) is 0 Å². The maximum Gasteiger partial charge on any atom is 0.140 e. The molecule has 0 radical (unpaired) electrons. The van der Waals surface area contributed by atoms with Crippen molar-refractivity contribution in [3.05, 3.63) is 12.2 Å². The van der Waals surface area contributed by atoms with Crippen LogP contribution in [0.3, 0.4) is 0 Å². The van der Waals surface area contributed by atoms with Crippen LogP contribution in [0.4, 0.5) is 0 Å². The van der Waals surface area contributed by atoms with E-state index in [0.29, 0.717) is 0 Å². The van der Waals surface area contributed by atoms with Crippen molar-refractivity contribution in [2.24, 2.45) is 0 Å². The van der Waals surface area contributed by atoms with Crippen molar-refractivity contribution in [1.29, 1.82) is 0 Å². The Morgan fingerprint density at radius 2 is 2.12 bits per heavy atom. The highest BCUT2D eigenvalue weighted by Crippen LogP contribution is 1.89. The second-order valence-electron chi connectivity index (χ2n) is 4.05. The topological polar surface area (TPSA) is 64.9 Å². The zero-order valence-corrected chi connectivity index (χ0v) is 11.3. The van der Waals surface area contributed by atoms with Crippen LogP contribution in [0.15, 0.2) is 12.2 Å². The molecule has 1 N–H and O–H groups in total. The van der Waals surface area contributed by atoms with E-state index in [-0.39, 0.29) is 0 Å². The molecule has 96 valence electrons. The summed E-state index contributed by atoms with van der Waals surface area (Å²) in [5.74, 6) is -0.399. The molecule has 0 aromatic rings. The summed E-state index contributed by atoms with van der Waals surface area (Å²) in [7, 11) is 0.403. The van der Waals surface area contributed by atoms with Crippen LogP contribution in [0.25, 0.3) is 0 Å². The van der Waals surface area contributed by atoms with Crippen LogP contribution in [0.2, 0.25) is 0 Å². The summed E-state index contributed by atoms with van der Waals surface area (Å²) in [6.07, 6.45) is 3.56. The van der Waals surface area contributed by atoms with Gasteiger partial charge in [0.1, 0.15) is 6.17 Å². The highest BCUT2D eigenvalue weighted by Gasteiger charge is 2.24. The first kappa shape index (κ1) is 15.6. The van der Waals surface area contributed by atoms with Crippen molar-refractivity contribution >= 4 is 10.1 Å². The Kier molecular flexibility index (Phi) is 6.82. The van der Waals surface area contributed by atoms with Gasteiger partial charge in [0.25, 0.3) is 0 Å². The first-order valence-corrected chi connectivity index (χ1v) is 6.93. The summed E-state index contributed by atoms with van der Waals surface area (Å²) in [5, 5.41) is 0. The third kappa shape index (κ3) is 6.95. The maximum absolute atomic E-state index is 9.78. The number of rotatable bonds is 2. The van der Waals surface area contributed by atoms with E-state index in [9.17, 15) is 13.0 Å². The van der Waals surface area contributed by atoms with Gasteiger partial charge in [0.15, 0.2) is 0 Å². The average Bonchev–Trinajstić information content (AvgIpc) is 2.46. The lowest BCUT2D eigenvalue weighted by Gasteiger charge is -2.15. The molecule has 1 aliphatic rings. The van der Waals surface area contributed by atoms with Crippen LogP contribution in [-0.4, -0.2) is 57.0 Å². The maximum atomic E-state index is 9.78. The fraction of sp³-hybridized carbons (Fsp3) is 0.800. The lowest BCUT2D eigenvalue weighted by molar-refractivity contribution is -0.895. The molecule has 6 heteroatoms. The summed E-state index contributed by atoms with van der Waals surface area (Å²) < 4.78 is 29.4. The van der Waals surface area contributed by atoms with E-state index in [1.807, 2.05) is 0 Å². The molecule has 0 spiro atoms. The summed E-state index contributed by atoms with van der Waals surface area (Å²) in [6.45, 7) is 6.48. The van der Waals surface area contributed by atoms with Crippen molar-refractivity contribution in [1.82, 2.24) is 4.90 Å². The third-order valence-electron chi connectivity index (χ3n) is 2.77. The Morgan fingerprint density at radius 1 is 1.56 bits per heavy atom. The van der Waals surface area contributed by atoms with E-state index in [2.05, 4.69) is 25.9 Å². The zero-order chi connectivity index (χ0) is 12.8. The lowest BCUT2D eigenvalue weighted by Crippen LogP contribution is -3.11. The van der Waals surface area contributed by atoms with Crippen LogP contribution < -0.4 is 4.90 Å². The monoisotopic (exact) mass is 250 g/mol.